The summed E-state index contributed by atoms with van der Waals surface area (Å²) in [6, 6.07) is 30.3. The molecule has 0 spiro atoms. The second-order valence-corrected chi connectivity index (χ2v) is 7.50. The van der Waals surface area contributed by atoms with E-state index in [-0.39, 0.29) is 12.2 Å². The summed E-state index contributed by atoms with van der Waals surface area (Å²) >= 11 is 0. The van der Waals surface area contributed by atoms with Crippen molar-refractivity contribution in [2.24, 2.45) is 0 Å². The number of rotatable bonds is 4. The van der Waals surface area contributed by atoms with Crippen LogP contribution in [-0.2, 0) is 5.60 Å². The predicted molar refractivity (Wildman–Crippen MR) is 111 cm³/mol. The van der Waals surface area contributed by atoms with Gasteiger partial charge >= 0.3 is 0 Å². The van der Waals surface area contributed by atoms with Crippen molar-refractivity contribution < 1.29 is 9.68 Å². The van der Waals surface area contributed by atoms with Crippen LogP contribution in [0.2, 0.25) is 0 Å². The molecule has 2 aliphatic heterocycles. The van der Waals surface area contributed by atoms with Gasteiger partial charge in [0.25, 0.3) is 6.34 Å². The number of fused-ring (bicyclic) bond motifs is 1. The summed E-state index contributed by atoms with van der Waals surface area (Å²) in [6.07, 6.45) is 4.18. The molecule has 3 aromatic rings. The van der Waals surface area contributed by atoms with E-state index in [1.165, 1.54) is 0 Å². The fourth-order valence-corrected chi connectivity index (χ4v) is 4.54. The van der Waals surface area contributed by atoms with E-state index in [0.29, 0.717) is 0 Å². The highest BCUT2D eigenvalue weighted by Crippen LogP contribution is 2.40. The van der Waals surface area contributed by atoms with Crippen LogP contribution in [0.3, 0.4) is 0 Å². The molecular weight excluding hydrogens is 346 g/mol. The van der Waals surface area contributed by atoms with Crippen molar-refractivity contribution in [3.05, 3.63) is 102 Å². The van der Waals surface area contributed by atoms with Crippen LogP contribution in [-0.4, -0.2) is 28.2 Å². The monoisotopic (exact) mass is 370 g/mol. The Hall–Kier alpha value is -2.95. The average molecular weight is 370 g/mol. The van der Waals surface area contributed by atoms with Gasteiger partial charge in [0.15, 0.2) is 11.8 Å². The molecule has 0 radical (unpaired) electrons. The quantitative estimate of drug-likeness (QED) is 0.691. The van der Waals surface area contributed by atoms with Crippen molar-refractivity contribution in [1.29, 1.82) is 0 Å². The first-order valence-electron chi connectivity index (χ1n) is 9.83. The Morgan fingerprint density at radius 2 is 1.32 bits per heavy atom. The van der Waals surface area contributed by atoms with E-state index in [0.717, 1.165) is 29.7 Å². The van der Waals surface area contributed by atoms with E-state index in [1.807, 2.05) is 78.9 Å². The minimum absolute atomic E-state index is 0.0523. The molecule has 0 saturated carbocycles. The van der Waals surface area contributed by atoms with Gasteiger partial charge in [0, 0.05) is 6.42 Å². The van der Waals surface area contributed by atoms with Crippen LogP contribution in [0.25, 0.3) is 0 Å². The van der Waals surface area contributed by atoms with Crippen LogP contribution in [0.5, 0.6) is 0 Å². The molecule has 140 valence electrons. The molecule has 5 rings (SSSR count). The number of aliphatic hydroxyl groups is 1. The molecule has 2 aliphatic rings. The summed E-state index contributed by atoms with van der Waals surface area (Å²) in [7, 11) is 0. The Balaban J connectivity index is 1.59. The standard InChI is InChI=1S/C24H24N3O/c28-24(19-10-4-1-5-11-19,20-12-6-2-7-13-20)22-16-17-23-25-27(18-26(22)23)21-14-8-3-9-15-21/h1-15,18,22-23,25,28H,16-17H2/q+1. The molecule has 28 heavy (non-hydrogen) atoms. The maximum Gasteiger partial charge on any atom is 0.259 e. The fraction of sp³-hybridized carbons (Fsp3) is 0.208. The molecule has 1 fully saturated rings. The largest absolute Gasteiger partial charge is 0.376 e. The summed E-state index contributed by atoms with van der Waals surface area (Å²) < 4.78 is 2.28. The first-order valence-corrected chi connectivity index (χ1v) is 9.83. The van der Waals surface area contributed by atoms with Crippen molar-refractivity contribution in [3.63, 3.8) is 0 Å². The first-order chi connectivity index (χ1) is 13.8. The Morgan fingerprint density at radius 1 is 0.786 bits per heavy atom. The summed E-state index contributed by atoms with van der Waals surface area (Å²) in [5, 5.41) is 14.2. The molecule has 2 atom stereocenters. The van der Waals surface area contributed by atoms with Gasteiger partial charge in [-0.25, -0.2) is 4.58 Å². The molecule has 0 aromatic heterocycles. The summed E-state index contributed by atoms with van der Waals surface area (Å²) in [5.74, 6) is 0. The minimum Gasteiger partial charge on any atom is -0.376 e. The third kappa shape index (κ3) is 2.73. The number of hydrogen-bond donors (Lipinski definition) is 2. The zero-order valence-corrected chi connectivity index (χ0v) is 15.6. The number of nitrogens with one attached hydrogen (secondary N) is 1. The Kier molecular flexibility index (Phi) is 4.23. The topological polar surface area (TPSA) is 38.5 Å². The zero-order valence-electron chi connectivity index (χ0n) is 15.6. The van der Waals surface area contributed by atoms with Crippen LogP contribution in [0.15, 0.2) is 91.0 Å². The number of hydrazine groups is 1. The molecule has 4 nitrogen and oxygen atoms in total. The van der Waals surface area contributed by atoms with Crippen LogP contribution < -0.4 is 10.4 Å². The molecule has 2 N–H and O–H groups in total. The van der Waals surface area contributed by atoms with Gasteiger partial charge in [-0.3, -0.25) is 0 Å². The van der Waals surface area contributed by atoms with Gasteiger partial charge in [0.1, 0.15) is 11.7 Å². The van der Waals surface area contributed by atoms with Crippen molar-refractivity contribution in [3.8, 4) is 0 Å². The molecule has 0 bridgehead atoms. The van der Waals surface area contributed by atoms with Gasteiger partial charge in [-0.15, -0.1) is 10.4 Å². The number of anilines is 1. The molecule has 4 heteroatoms. The van der Waals surface area contributed by atoms with Crippen LogP contribution in [0, 0.1) is 0 Å². The Labute approximate surface area is 165 Å². The van der Waals surface area contributed by atoms with Gasteiger partial charge in [-0.1, -0.05) is 78.9 Å². The van der Waals surface area contributed by atoms with E-state index in [2.05, 4.69) is 33.5 Å². The lowest BCUT2D eigenvalue weighted by Crippen LogP contribution is -2.46. The minimum atomic E-state index is -1.08. The number of benzene rings is 3. The Bertz CT molecular complexity index is 933. The van der Waals surface area contributed by atoms with Crippen molar-refractivity contribution >= 4 is 12.0 Å². The molecule has 0 amide bonds. The molecule has 1 saturated heterocycles. The molecule has 2 heterocycles. The predicted octanol–water partition coefficient (Wildman–Crippen LogP) is 3.48. The molecule has 3 aromatic carbocycles. The van der Waals surface area contributed by atoms with Gasteiger partial charge < -0.3 is 5.11 Å². The fourth-order valence-electron chi connectivity index (χ4n) is 4.54. The second-order valence-electron chi connectivity index (χ2n) is 7.50. The third-order valence-electron chi connectivity index (χ3n) is 5.91. The zero-order chi connectivity index (χ0) is 19.0. The van der Waals surface area contributed by atoms with Gasteiger partial charge in [-0.05, 0) is 29.7 Å². The molecule has 0 aliphatic carbocycles. The smallest absolute Gasteiger partial charge is 0.259 e. The Morgan fingerprint density at radius 3 is 1.89 bits per heavy atom. The lowest BCUT2D eigenvalue weighted by molar-refractivity contribution is -0.588. The SMILES string of the molecule is OC(c1ccccc1)(c1ccccc1)C1CCC2NN(c3ccccc3)C=[N+]21. The van der Waals surface area contributed by atoms with Gasteiger partial charge in [-0.2, -0.15) is 0 Å². The third-order valence-corrected chi connectivity index (χ3v) is 5.91. The first kappa shape index (κ1) is 17.2. The van der Waals surface area contributed by atoms with E-state index >= 15 is 0 Å². The van der Waals surface area contributed by atoms with Crippen LogP contribution in [0.4, 0.5) is 5.69 Å². The lowest BCUT2D eigenvalue weighted by Gasteiger charge is -2.34. The normalized spacial score (nSPS) is 21.5. The number of para-hydroxylation sites is 1. The van der Waals surface area contributed by atoms with Gasteiger partial charge in [0.2, 0.25) is 0 Å². The molecular formula is C24H24N3O+. The lowest BCUT2D eigenvalue weighted by atomic mass is 9.79. The van der Waals surface area contributed by atoms with Crippen molar-refractivity contribution in [1.82, 2.24) is 5.43 Å². The van der Waals surface area contributed by atoms with E-state index in [4.69, 9.17) is 0 Å². The summed E-state index contributed by atoms with van der Waals surface area (Å²) in [4.78, 5) is 0. The highest BCUT2D eigenvalue weighted by atomic mass is 16.3. The highest BCUT2D eigenvalue weighted by Gasteiger charge is 2.52. The highest BCUT2D eigenvalue weighted by molar-refractivity contribution is 5.75. The number of nitrogens with zero attached hydrogens (tertiary/aromatic N) is 2. The van der Waals surface area contributed by atoms with Gasteiger partial charge in [0.05, 0.1) is 0 Å². The summed E-state index contributed by atoms with van der Waals surface area (Å²) in [6.45, 7) is 0. The second kappa shape index (κ2) is 6.89. The summed E-state index contributed by atoms with van der Waals surface area (Å²) in [5.41, 5.74) is 5.44. The number of hydrogen-bond acceptors (Lipinski definition) is 3. The maximum absolute atomic E-state index is 12.1. The van der Waals surface area contributed by atoms with Crippen LogP contribution >= 0.6 is 0 Å². The average Bonchev–Trinajstić information content (AvgIpc) is 3.36. The van der Waals surface area contributed by atoms with E-state index in [9.17, 15) is 5.11 Å². The maximum atomic E-state index is 12.1. The van der Waals surface area contributed by atoms with E-state index < -0.39 is 5.60 Å². The molecule has 2 unspecified atom stereocenters. The van der Waals surface area contributed by atoms with Crippen molar-refractivity contribution in [2.45, 2.75) is 30.7 Å². The van der Waals surface area contributed by atoms with Crippen LogP contribution in [0.1, 0.15) is 24.0 Å². The van der Waals surface area contributed by atoms with Crippen molar-refractivity contribution in [2.75, 3.05) is 5.01 Å². The van der Waals surface area contributed by atoms with E-state index in [1.54, 1.807) is 0 Å².